The fraction of sp³-hybridized carbons (Fsp3) is 0.231. The average Bonchev–Trinajstić information content (AvgIpc) is 2.20. The van der Waals surface area contributed by atoms with Gasteiger partial charge in [0.05, 0.1) is 0 Å². The summed E-state index contributed by atoms with van der Waals surface area (Å²) < 4.78 is 12.9. The Balaban J connectivity index is 0.000000461. The molecular weight excluding hydrogens is 175 g/mol. The Morgan fingerprint density at radius 2 is 1.64 bits per heavy atom. The second kappa shape index (κ2) is 4.75. The molecule has 0 saturated carbocycles. The third kappa shape index (κ3) is 2.11. The van der Waals surface area contributed by atoms with E-state index in [0.29, 0.717) is 0 Å². The van der Waals surface area contributed by atoms with Gasteiger partial charge in [-0.3, -0.25) is 0 Å². The minimum Gasteiger partial charge on any atom is -0.207 e. The lowest BCUT2D eigenvalue weighted by atomic mass is 10.1. The molecule has 0 unspecified atom stereocenters. The highest BCUT2D eigenvalue weighted by Crippen LogP contribution is 2.19. The lowest BCUT2D eigenvalue weighted by Gasteiger charge is -2.00. The molecule has 2 aromatic rings. The van der Waals surface area contributed by atoms with Gasteiger partial charge >= 0.3 is 0 Å². The zero-order chi connectivity index (χ0) is 10.6. The molecule has 0 radical (unpaired) electrons. The van der Waals surface area contributed by atoms with Crippen molar-refractivity contribution in [3.63, 3.8) is 0 Å². The topological polar surface area (TPSA) is 0 Å². The molecule has 0 aliphatic heterocycles. The minimum atomic E-state index is -0.161. The summed E-state index contributed by atoms with van der Waals surface area (Å²) >= 11 is 0. The number of hydrogen-bond acceptors (Lipinski definition) is 0. The lowest BCUT2D eigenvalue weighted by molar-refractivity contribution is 0.628. The predicted molar refractivity (Wildman–Crippen MR) is 60.0 cm³/mol. The maximum atomic E-state index is 12.9. The lowest BCUT2D eigenvalue weighted by Crippen LogP contribution is -1.80. The van der Waals surface area contributed by atoms with Crippen LogP contribution in [-0.4, -0.2) is 0 Å². The van der Waals surface area contributed by atoms with Crippen molar-refractivity contribution in [2.24, 2.45) is 0 Å². The van der Waals surface area contributed by atoms with Crippen molar-refractivity contribution < 1.29 is 4.39 Å². The Morgan fingerprint density at radius 1 is 1.00 bits per heavy atom. The molecule has 14 heavy (non-hydrogen) atoms. The summed E-state index contributed by atoms with van der Waals surface area (Å²) in [4.78, 5) is 0. The number of hydrogen-bond donors (Lipinski definition) is 0. The van der Waals surface area contributed by atoms with Gasteiger partial charge in [-0.15, -0.1) is 0 Å². The van der Waals surface area contributed by atoms with Gasteiger partial charge in [0.25, 0.3) is 0 Å². The maximum absolute atomic E-state index is 12.9. The fourth-order valence-corrected chi connectivity index (χ4v) is 1.46. The van der Waals surface area contributed by atoms with Crippen LogP contribution in [-0.2, 0) is 0 Å². The molecule has 1 heteroatoms. The van der Waals surface area contributed by atoms with Gasteiger partial charge in [0.2, 0.25) is 0 Å². The number of fused-ring (bicyclic) bond motifs is 1. The van der Waals surface area contributed by atoms with Crippen molar-refractivity contribution in [2.45, 2.75) is 20.8 Å². The average molecular weight is 190 g/mol. The van der Waals surface area contributed by atoms with Crippen LogP contribution in [0.2, 0.25) is 0 Å². The van der Waals surface area contributed by atoms with Crippen molar-refractivity contribution >= 4 is 10.8 Å². The van der Waals surface area contributed by atoms with Gasteiger partial charge in [-0.25, -0.2) is 4.39 Å². The SMILES string of the molecule is CC.Cc1cc(F)cc2ccccc12. The van der Waals surface area contributed by atoms with Crippen LogP contribution < -0.4 is 0 Å². The standard InChI is InChI=1S/C11H9F.C2H6/c1-8-6-10(12)7-9-4-2-3-5-11(8)9;1-2/h2-7H,1H3;1-2H3. The molecule has 0 aliphatic rings. The molecular formula is C13H15F. The quantitative estimate of drug-likeness (QED) is 0.580. The number of rotatable bonds is 0. The Morgan fingerprint density at radius 3 is 2.36 bits per heavy atom. The van der Waals surface area contributed by atoms with Crippen molar-refractivity contribution in [3.8, 4) is 0 Å². The number of aryl methyl sites for hydroxylation is 1. The van der Waals surface area contributed by atoms with Crippen LogP contribution in [0, 0.1) is 12.7 Å². The molecule has 74 valence electrons. The molecule has 0 N–H and O–H groups in total. The monoisotopic (exact) mass is 190 g/mol. The van der Waals surface area contributed by atoms with Crippen LogP contribution in [0.5, 0.6) is 0 Å². The summed E-state index contributed by atoms with van der Waals surface area (Å²) in [6.45, 7) is 5.92. The molecule has 0 aromatic heterocycles. The fourth-order valence-electron chi connectivity index (χ4n) is 1.46. The molecule has 0 heterocycles. The highest BCUT2D eigenvalue weighted by atomic mass is 19.1. The third-order valence-corrected chi connectivity index (χ3v) is 2.03. The van der Waals surface area contributed by atoms with Gasteiger partial charge in [-0.1, -0.05) is 38.1 Å². The Kier molecular flexibility index (Phi) is 3.63. The summed E-state index contributed by atoms with van der Waals surface area (Å²) in [5.74, 6) is -0.161. The largest absolute Gasteiger partial charge is 0.207 e. The van der Waals surface area contributed by atoms with Crippen molar-refractivity contribution in [2.75, 3.05) is 0 Å². The molecule has 0 fully saturated rings. The first kappa shape index (κ1) is 10.7. The van der Waals surface area contributed by atoms with E-state index in [0.717, 1.165) is 16.3 Å². The smallest absolute Gasteiger partial charge is 0.124 e. The van der Waals surface area contributed by atoms with Crippen LogP contribution in [0.4, 0.5) is 4.39 Å². The van der Waals surface area contributed by atoms with E-state index in [1.807, 2.05) is 45.0 Å². The van der Waals surface area contributed by atoms with Gasteiger partial charge in [0.1, 0.15) is 5.82 Å². The molecule has 0 saturated heterocycles. The van der Waals surface area contributed by atoms with Crippen LogP contribution in [0.3, 0.4) is 0 Å². The van der Waals surface area contributed by atoms with E-state index in [1.165, 1.54) is 0 Å². The second-order valence-corrected chi connectivity index (χ2v) is 2.94. The Bertz CT molecular complexity index is 419. The molecule has 0 nitrogen and oxygen atoms in total. The normalized spacial score (nSPS) is 9.43. The second-order valence-electron chi connectivity index (χ2n) is 2.94. The summed E-state index contributed by atoms with van der Waals surface area (Å²) in [6, 6.07) is 10.9. The summed E-state index contributed by atoms with van der Waals surface area (Å²) in [6.07, 6.45) is 0. The van der Waals surface area contributed by atoms with E-state index in [9.17, 15) is 4.39 Å². The van der Waals surface area contributed by atoms with Gasteiger partial charge < -0.3 is 0 Å². The predicted octanol–water partition coefficient (Wildman–Crippen LogP) is 4.31. The van der Waals surface area contributed by atoms with E-state index >= 15 is 0 Å². The van der Waals surface area contributed by atoms with Gasteiger partial charge in [0, 0.05) is 0 Å². The zero-order valence-corrected chi connectivity index (χ0v) is 8.84. The number of halogens is 1. The van der Waals surface area contributed by atoms with Crippen LogP contribution in [0.1, 0.15) is 19.4 Å². The zero-order valence-electron chi connectivity index (χ0n) is 8.84. The number of benzene rings is 2. The van der Waals surface area contributed by atoms with Crippen LogP contribution >= 0.6 is 0 Å². The molecule has 0 amide bonds. The third-order valence-electron chi connectivity index (χ3n) is 2.03. The van der Waals surface area contributed by atoms with Crippen LogP contribution in [0.25, 0.3) is 10.8 Å². The minimum absolute atomic E-state index is 0.161. The Hall–Kier alpha value is -1.37. The first-order valence-corrected chi connectivity index (χ1v) is 4.92. The molecule has 0 atom stereocenters. The first-order valence-electron chi connectivity index (χ1n) is 4.92. The molecule has 2 rings (SSSR count). The van der Waals surface area contributed by atoms with Crippen molar-refractivity contribution in [1.82, 2.24) is 0 Å². The molecule has 0 aliphatic carbocycles. The van der Waals surface area contributed by atoms with E-state index in [-0.39, 0.29) is 5.82 Å². The molecule has 2 aromatic carbocycles. The van der Waals surface area contributed by atoms with Gasteiger partial charge in [-0.05, 0) is 35.4 Å². The van der Waals surface area contributed by atoms with Crippen molar-refractivity contribution in [3.05, 3.63) is 47.8 Å². The van der Waals surface area contributed by atoms with Crippen LogP contribution in [0.15, 0.2) is 36.4 Å². The van der Waals surface area contributed by atoms with E-state index in [2.05, 4.69) is 0 Å². The van der Waals surface area contributed by atoms with Gasteiger partial charge in [0.15, 0.2) is 0 Å². The van der Waals surface area contributed by atoms with Crippen molar-refractivity contribution in [1.29, 1.82) is 0 Å². The maximum Gasteiger partial charge on any atom is 0.124 e. The summed E-state index contributed by atoms with van der Waals surface area (Å²) in [5, 5.41) is 2.09. The summed E-state index contributed by atoms with van der Waals surface area (Å²) in [5.41, 5.74) is 0.991. The van der Waals surface area contributed by atoms with E-state index in [4.69, 9.17) is 0 Å². The first-order chi connectivity index (χ1) is 6.77. The van der Waals surface area contributed by atoms with Gasteiger partial charge in [-0.2, -0.15) is 0 Å². The Labute approximate surface area is 84.4 Å². The molecule has 0 bridgehead atoms. The van der Waals surface area contributed by atoms with E-state index < -0.39 is 0 Å². The van der Waals surface area contributed by atoms with E-state index in [1.54, 1.807) is 12.1 Å². The highest BCUT2D eigenvalue weighted by molar-refractivity contribution is 5.85. The summed E-state index contributed by atoms with van der Waals surface area (Å²) in [7, 11) is 0. The molecule has 0 spiro atoms. The highest BCUT2D eigenvalue weighted by Gasteiger charge is 1.98.